The van der Waals surface area contributed by atoms with E-state index in [4.69, 9.17) is 4.74 Å². The van der Waals surface area contributed by atoms with E-state index in [-0.39, 0.29) is 17.5 Å². The Labute approximate surface area is 129 Å². The van der Waals surface area contributed by atoms with Gasteiger partial charge in [-0.25, -0.2) is 8.78 Å². The zero-order chi connectivity index (χ0) is 15.6. The van der Waals surface area contributed by atoms with Gasteiger partial charge in [-0.3, -0.25) is 4.79 Å². The van der Waals surface area contributed by atoms with E-state index in [0.29, 0.717) is 15.8 Å². The molecule has 2 nitrogen and oxygen atoms in total. The highest BCUT2D eigenvalue weighted by Crippen LogP contribution is 2.26. The molecular weight excluding hydrogens is 342 g/mol. The fraction of sp³-hybridized carbons (Fsp3) is 0.188. The smallest absolute Gasteiger partial charge is 0.170 e. The van der Waals surface area contributed by atoms with Crippen molar-refractivity contribution in [3.63, 3.8) is 0 Å². The van der Waals surface area contributed by atoms with Crippen molar-refractivity contribution in [3.8, 4) is 5.75 Å². The molecule has 0 unspecified atom stereocenters. The quantitative estimate of drug-likeness (QED) is 0.757. The number of carbonyl (C=O) groups excluding carboxylic acids is 1. The largest absolute Gasteiger partial charge is 0.496 e. The van der Waals surface area contributed by atoms with Crippen LogP contribution in [0.15, 0.2) is 34.8 Å². The molecule has 5 heteroatoms. The molecule has 2 aromatic rings. The van der Waals surface area contributed by atoms with Gasteiger partial charge in [-0.15, -0.1) is 0 Å². The summed E-state index contributed by atoms with van der Waals surface area (Å²) in [7, 11) is 1.54. The molecule has 0 fully saturated rings. The van der Waals surface area contributed by atoms with Crippen LogP contribution in [0.1, 0.15) is 21.5 Å². The SMILES string of the molecule is COc1ccc(CC(=O)c2cc(C)c(F)cc2F)cc1Br. The van der Waals surface area contributed by atoms with Gasteiger partial charge in [0.25, 0.3) is 0 Å². The molecule has 0 saturated heterocycles. The fourth-order valence-corrected chi connectivity index (χ4v) is 2.56. The number of hydrogen-bond acceptors (Lipinski definition) is 2. The van der Waals surface area contributed by atoms with E-state index in [0.717, 1.165) is 6.07 Å². The lowest BCUT2D eigenvalue weighted by Crippen LogP contribution is -2.07. The van der Waals surface area contributed by atoms with Crippen LogP contribution in [0.5, 0.6) is 5.75 Å². The Kier molecular flexibility index (Phi) is 4.73. The number of rotatable bonds is 4. The monoisotopic (exact) mass is 354 g/mol. The Morgan fingerprint density at radius 2 is 1.90 bits per heavy atom. The average Bonchev–Trinajstić information content (AvgIpc) is 2.43. The lowest BCUT2D eigenvalue weighted by molar-refractivity contribution is 0.0989. The molecule has 0 aliphatic heterocycles. The number of benzene rings is 2. The summed E-state index contributed by atoms with van der Waals surface area (Å²) in [4.78, 5) is 12.2. The van der Waals surface area contributed by atoms with Gasteiger partial charge in [-0.1, -0.05) is 6.07 Å². The van der Waals surface area contributed by atoms with Gasteiger partial charge in [0.15, 0.2) is 5.78 Å². The Hall–Kier alpha value is -1.75. The Balaban J connectivity index is 2.26. The minimum absolute atomic E-state index is 0.0323. The van der Waals surface area contributed by atoms with E-state index in [1.54, 1.807) is 25.3 Å². The van der Waals surface area contributed by atoms with Gasteiger partial charge in [0.05, 0.1) is 17.1 Å². The third-order valence-electron chi connectivity index (χ3n) is 3.13. The van der Waals surface area contributed by atoms with Crippen LogP contribution in [0.2, 0.25) is 0 Å². The molecule has 0 N–H and O–H groups in total. The number of ether oxygens (including phenoxy) is 1. The molecule has 0 bridgehead atoms. The molecule has 21 heavy (non-hydrogen) atoms. The number of halogens is 3. The van der Waals surface area contributed by atoms with Crippen molar-refractivity contribution < 1.29 is 18.3 Å². The second-order valence-electron chi connectivity index (χ2n) is 4.65. The van der Waals surface area contributed by atoms with Crippen molar-refractivity contribution in [3.05, 3.63) is 63.1 Å². The van der Waals surface area contributed by atoms with Gasteiger partial charge >= 0.3 is 0 Å². The van der Waals surface area contributed by atoms with Gasteiger partial charge in [0.2, 0.25) is 0 Å². The van der Waals surface area contributed by atoms with Crippen LogP contribution in [-0.2, 0) is 6.42 Å². The van der Waals surface area contributed by atoms with Crippen LogP contribution in [-0.4, -0.2) is 12.9 Å². The van der Waals surface area contributed by atoms with E-state index in [1.807, 2.05) is 0 Å². The number of ketones is 1. The predicted molar refractivity (Wildman–Crippen MR) is 79.8 cm³/mol. The second kappa shape index (κ2) is 6.35. The van der Waals surface area contributed by atoms with Crippen molar-refractivity contribution >= 4 is 21.7 Å². The van der Waals surface area contributed by atoms with Crippen molar-refractivity contribution in [1.82, 2.24) is 0 Å². The fourth-order valence-electron chi connectivity index (χ4n) is 1.97. The minimum Gasteiger partial charge on any atom is -0.496 e. The molecule has 2 aromatic carbocycles. The highest BCUT2D eigenvalue weighted by atomic mass is 79.9. The molecular formula is C16H13BrF2O2. The van der Waals surface area contributed by atoms with Crippen LogP contribution < -0.4 is 4.74 Å². The Morgan fingerprint density at radius 3 is 2.52 bits per heavy atom. The number of carbonyl (C=O) groups is 1. The molecule has 0 spiro atoms. The molecule has 0 amide bonds. The first-order valence-corrected chi connectivity index (χ1v) is 7.03. The third-order valence-corrected chi connectivity index (χ3v) is 3.75. The van der Waals surface area contributed by atoms with E-state index < -0.39 is 17.4 Å². The van der Waals surface area contributed by atoms with Crippen molar-refractivity contribution in [1.29, 1.82) is 0 Å². The third kappa shape index (κ3) is 3.47. The van der Waals surface area contributed by atoms with Gasteiger partial charge in [0.1, 0.15) is 17.4 Å². The summed E-state index contributed by atoms with van der Waals surface area (Å²) in [5.74, 6) is -1.24. The molecule has 0 radical (unpaired) electrons. The maximum atomic E-state index is 13.7. The lowest BCUT2D eigenvalue weighted by atomic mass is 10.0. The normalized spacial score (nSPS) is 10.5. The summed E-state index contributed by atoms with van der Waals surface area (Å²) in [6.45, 7) is 1.50. The molecule has 2 rings (SSSR count). The minimum atomic E-state index is -0.837. The van der Waals surface area contributed by atoms with Crippen LogP contribution in [0.3, 0.4) is 0 Å². The second-order valence-corrected chi connectivity index (χ2v) is 5.50. The molecule has 0 atom stereocenters. The summed E-state index contributed by atoms with van der Waals surface area (Å²) < 4.78 is 32.7. The number of aryl methyl sites for hydroxylation is 1. The zero-order valence-electron chi connectivity index (χ0n) is 11.5. The summed E-state index contributed by atoms with van der Waals surface area (Å²) in [5, 5.41) is 0. The maximum Gasteiger partial charge on any atom is 0.170 e. The molecule has 0 aromatic heterocycles. The van der Waals surface area contributed by atoms with E-state index in [2.05, 4.69) is 15.9 Å². The van der Waals surface area contributed by atoms with Gasteiger partial charge in [-0.05, 0) is 52.2 Å². The highest BCUT2D eigenvalue weighted by molar-refractivity contribution is 9.10. The molecule has 110 valence electrons. The van der Waals surface area contributed by atoms with E-state index in [1.165, 1.54) is 13.0 Å². The van der Waals surface area contributed by atoms with Crippen molar-refractivity contribution in [2.45, 2.75) is 13.3 Å². The first-order valence-electron chi connectivity index (χ1n) is 6.23. The van der Waals surface area contributed by atoms with Crippen LogP contribution in [0.25, 0.3) is 0 Å². The number of Topliss-reactive ketones (excluding diaryl/α,β-unsaturated/α-hetero) is 1. The predicted octanol–water partition coefficient (Wildman–Crippen LogP) is 4.47. The average molecular weight is 355 g/mol. The standard InChI is InChI=1S/C16H13BrF2O2/c1-9-5-11(14(19)8-13(9)18)15(20)7-10-3-4-16(21-2)12(17)6-10/h3-6,8H,7H2,1-2H3. The van der Waals surface area contributed by atoms with Crippen LogP contribution >= 0.6 is 15.9 Å². The Bertz CT molecular complexity index is 699. The zero-order valence-corrected chi connectivity index (χ0v) is 13.1. The molecule has 0 saturated carbocycles. The van der Waals surface area contributed by atoms with E-state index >= 15 is 0 Å². The van der Waals surface area contributed by atoms with Crippen LogP contribution in [0, 0.1) is 18.6 Å². The lowest BCUT2D eigenvalue weighted by Gasteiger charge is -2.07. The summed E-state index contributed by atoms with van der Waals surface area (Å²) in [6.07, 6.45) is 0.0323. The highest BCUT2D eigenvalue weighted by Gasteiger charge is 2.15. The van der Waals surface area contributed by atoms with Crippen molar-refractivity contribution in [2.75, 3.05) is 7.11 Å². The Morgan fingerprint density at radius 1 is 1.19 bits per heavy atom. The molecule has 0 heterocycles. The first-order chi connectivity index (χ1) is 9.92. The number of hydrogen-bond donors (Lipinski definition) is 0. The van der Waals surface area contributed by atoms with Gasteiger partial charge < -0.3 is 4.74 Å². The van der Waals surface area contributed by atoms with Gasteiger partial charge in [-0.2, -0.15) is 0 Å². The molecule has 0 aliphatic carbocycles. The topological polar surface area (TPSA) is 26.3 Å². The van der Waals surface area contributed by atoms with Crippen molar-refractivity contribution in [2.24, 2.45) is 0 Å². The maximum absolute atomic E-state index is 13.7. The summed E-state index contributed by atoms with van der Waals surface area (Å²) in [5.41, 5.74) is 0.866. The summed E-state index contributed by atoms with van der Waals surface area (Å²) in [6, 6.07) is 7.18. The number of methoxy groups -OCH3 is 1. The first kappa shape index (κ1) is 15.6. The van der Waals surface area contributed by atoms with Gasteiger partial charge in [0, 0.05) is 12.5 Å². The van der Waals surface area contributed by atoms with Crippen LogP contribution in [0.4, 0.5) is 8.78 Å². The summed E-state index contributed by atoms with van der Waals surface area (Å²) >= 11 is 3.33. The van der Waals surface area contributed by atoms with E-state index in [9.17, 15) is 13.6 Å². The molecule has 0 aliphatic rings.